The van der Waals surface area contributed by atoms with E-state index in [1.165, 1.54) is 0 Å². The zero-order valence-electron chi connectivity index (χ0n) is 21.6. The van der Waals surface area contributed by atoms with E-state index in [2.05, 4.69) is 10.6 Å². The normalized spacial score (nSPS) is 17.3. The Hall–Kier alpha value is -4.21. The molecule has 0 radical (unpaired) electrons. The predicted molar refractivity (Wildman–Crippen MR) is 139 cm³/mol. The summed E-state index contributed by atoms with van der Waals surface area (Å²) in [6.07, 6.45) is -0.0682. The van der Waals surface area contributed by atoms with Gasteiger partial charge >= 0.3 is 6.09 Å². The van der Waals surface area contributed by atoms with Gasteiger partial charge in [0, 0.05) is 12.8 Å². The lowest BCUT2D eigenvalue weighted by molar-refractivity contribution is -0.136. The van der Waals surface area contributed by atoms with E-state index in [4.69, 9.17) is 10.5 Å². The second-order valence-electron chi connectivity index (χ2n) is 9.38. The number of primary amides is 1. The Morgan fingerprint density at radius 3 is 2.18 bits per heavy atom. The summed E-state index contributed by atoms with van der Waals surface area (Å²) in [6, 6.07) is 15.0. The largest absolute Gasteiger partial charge is 0.444 e. The van der Waals surface area contributed by atoms with Crippen molar-refractivity contribution in [2.24, 2.45) is 11.7 Å². The highest BCUT2D eigenvalue weighted by molar-refractivity contribution is 6.01. The van der Waals surface area contributed by atoms with Crippen molar-refractivity contribution in [1.29, 1.82) is 0 Å². The number of nitrogens with one attached hydrogen (secondary N) is 2. The van der Waals surface area contributed by atoms with Gasteiger partial charge < -0.3 is 21.1 Å². The van der Waals surface area contributed by atoms with E-state index in [-0.39, 0.29) is 31.8 Å². The Kier molecular flexibility index (Phi) is 9.98. The summed E-state index contributed by atoms with van der Waals surface area (Å²) in [4.78, 5) is 64.5. The molecule has 10 nitrogen and oxygen atoms in total. The van der Waals surface area contributed by atoms with Gasteiger partial charge in [-0.3, -0.25) is 19.2 Å². The van der Waals surface area contributed by atoms with Crippen LogP contribution in [0.3, 0.4) is 0 Å². The molecule has 4 N–H and O–H groups in total. The molecular formula is C28H34N4O6. The summed E-state index contributed by atoms with van der Waals surface area (Å²) in [7, 11) is 0. The minimum absolute atomic E-state index is 0.000453. The van der Waals surface area contributed by atoms with Gasteiger partial charge in [-0.1, -0.05) is 80.9 Å². The number of carbonyl (C=O) groups is 5. The van der Waals surface area contributed by atoms with Crippen LogP contribution < -0.4 is 16.4 Å². The van der Waals surface area contributed by atoms with Crippen molar-refractivity contribution >= 4 is 29.7 Å². The Bertz CT molecular complexity index is 1140. The molecule has 0 bridgehead atoms. The van der Waals surface area contributed by atoms with Crippen LogP contribution >= 0.6 is 0 Å². The highest BCUT2D eigenvalue weighted by Gasteiger charge is 2.43. The zero-order chi connectivity index (χ0) is 27.7. The molecule has 0 aromatic heterocycles. The number of carbonyl (C=O) groups excluding carboxylic acids is 5. The van der Waals surface area contributed by atoms with Gasteiger partial charge in [0.25, 0.3) is 0 Å². The van der Waals surface area contributed by atoms with Crippen LogP contribution in [-0.4, -0.2) is 52.7 Å². The summed E-state index contributed by atoms with van der Waals surface area (Å²) in [5, 5.41) is 5.35. The lowest BCUT2D eigenvalue weighted by atomic mass is 9.96. The molecular weight excluding hydrogens is 488 g/mol. The van der Waals surface area contributed by atoms with Crippen LogP contribution in [0.15, 0.2) is 60.7 Å². The Morgan fingerprint density at radius 2 is 1.61 bits per heavy atom. The number of imide groups is 1. The molecule has 38 heavy (non-hydrogen) atoms. The molecule has 0 unspecified atom stereocenters. The Labute approximate surface area is 221 Å². The molecule has 3 rings (SSSR count). The molecule has 4 atom stereocenters. The highest BCUT2D eigenvalue weighted by atomic mass is 16.6. The summed E-state index contributed by atoms with van der Waals surface area (Å²) >= 11 is 0. The third-order valence-electron chi connectivity index (χ3n) is 6.65. The van der Waals surface area contributed by atoms with Crippen molar-refractivity contribution in [3.8, 4) is 0 Å². The molecule has 10 heteroatoms. The fraction of sp³-hybridized carbons (Fsp3) is 0.393. The molecule has 2 aromatic carbocycles. The van der Waals surface area contributed by atoms with Gasteiger partial charge in [0.15, 0.2) is 0 Å². The number of hydrogen-bond acceptors (Lipinski definition) is 6. The summed E-state index contributed by atoms with van der Waals surface area (Å²) in [6.45, 7) is 3.59. The fourth-order valence-corrected chi connectivity index (χ4v) is 4.24. The molecule has 5 amide bonds. The lowest BCUT2D eigenvalue weighted by Gasteiger charge is -2.28. The number of likely N-dealkylation sites (tertiary alicyclic amines) is 1. The quantitative estimate of drug-likeness (QED) is 0.411. The topological polar surface area (TPSA) is 148 Å². The molecule has 2 aromatic rings. The van der Waals surface area contributed by atoms with Crippen LogP contribution in [0, 0.1) is 5.92 Å². The second kappa shape index (κ2) is 13.4. The van der Waals surface area contributed by atoms with E-state index in [0.29, 0.717) is 6.42 Å². The molecule has 0 aliphatic carbocycles. The molecule has 1 saturated heterocycles. The first kappa shape index (κ1) is 28.4. The summed E-state index contributed by atoms with van der Waals surface area (Å²) < 4.78 is 5.27. The van der Waals surface area contributed by atoms with Crippen molar-refractivity contribution < 1.29 is 28.7 Å². The summed E-state index contributed by atoms with van der Waals surface area (Å²) in [5.74, 6) is -2.75. The van der Waals surface area contributed by atoms with E-state index in [0.717, 1.165) is 16.0 Å². The molecule has 1 fully saturated rings. The van der Waals surface area contributed by atoms with Crippen molar-refractivity contribution in [2.75, 3.05) is 0 Å². The molecule has 1 aliphatic heterocycles. The van der Waals surface area contributed by atoms with Crippen molar-refractivity contribution in [2.45, 2.75) is 64.3 Å². The van der Waals surface area contributed by atoms with Crippen LogP contribution in [0.25, 0.3) is 0 Å². The molecule has 0 saturated carbocycles. The minimum Gasteiger partial charge on any atom is -0.444 e. The number of nitrogens with two attached hydrogens (primary N) is 1. The fourth-order valence-electron chi connectivity index (χ4n) is 4.24. The van der Waals surface area contributed by atoms with Gasteiger partial charge in [-0.15, -0.1) is 0 Å². The maximum absolute atomic E-state index is 13.2. The molecule has 202 valence electrons. The van der Waals surface area contributed by atoms with Crippen LogP contribution in [0.1, 0.15) is 44.2 Å². The van der Waals surface area contributed by atoms with Crippen LogP contribution in [0.2, 0.25) is 0 Å². The van der Waals surface area contributed by atoms with Crippen molar-refractivity contribution in [3.63, 3.8) is 0 Å². The first-order valence-corrected chi connectivity index (χ1v) is 12.7. The Balaban J connectivity index is 1.68. The van der Waals surface area contributed by atoms with E-state index in [1.807, 2.05) is 43.3 Å². The second-order valence-corrected chi connectivity index (χ2v) is 9.38. The van der Waals surface area contributed by atoms with Gasteiger partial charge in [-0.2, -0.15) is 0 Å². The van der Waals surface area contributed by atoms with Crippen molar-refractivity contribution in [1.82, 2.24) is 15.5 Å². The minimum atomic E-state index is -1.11. The average Bonchev–Trinajstić information content (AvgIpc) is 3.31. The number of nitrogens with zero attached hydrogens (tertiary/aromatic N) is 1. The first-order valence-electron chi connectivity index (χ1n) is 12.7. The molecule has 0 spiro atoms. The number of benzene rings is 2. The summed E-state index contributed by atoms with van der Waals surface area (Å²) in [5.41, 5.74) is 7.10. The lowest BCUT2D eigenvalue weighted by Crippen LogP contribution is -2.58. The van der Waals surface area contributed by atoms with Crippen LogP contribution in [0.4, 0.5) is 4.79 Å². The smallest absolute Gasteiger partial charge is 0.417 e. The molecule has 1 aliphatic rings. The standard InChI is InChI=1S/C28H34N4O6/c1-3-18(2)24(27(36)30-21(25(29)34)16-19-10-6-4-7-11-19)31-26(35)22-14-15-23(33)32(22)28(37)38-17-20-12-8-5-9-13-20/h4-13,18,21-22,24H,3,14-17H2,1-2H3,(H2,29,34)(H,30,36)(H,31,35)/t18-,21+,22+,24-/m1/s1. The van der Waals surface area contributed by atoms with Crippen LogP contribution in [0.5, 0.6) is 0 Å². The predicted octanol–water partition coefficient (Wildman–Crippen LogP) is 2.06. The van der Waals surface area contributed by atoms with E-state index in [9.17, 15) is 24.0 Å². The number of hydrogen-bond donors (Lipinski definition) is 3. The van der Waals surface area contributed by atoms with E-state index < -0.39 is 47.8 Å². The maximum atomic E-state index is 13.2. The Morgan fingerprint density at radius 1 is 1.00 bits per heavy atom. The third kappa shape index (κ3) is 7.41. The van der Waals surface area contributed by atoms with Gasteiger partial charge in [0.1, 0.15) is 24.7 Å². The number of rotatable bonds is 11. The van der Waals surface area contributed by atoms with E-state index >= 15 is 0 Å². The van der Waals surface area contributed by atoms with Crippen molar-refractivity contribution in [3.05, 3.63) is 71.8 Å². The highest BCUT2D eigenvalue weighted by Crippen LogP contribution is 2.22. The monoisotopic (exact) mass is 522 g/mol. The maximum Gasteiger partial charge on any atom is 0.417 e. The molecule has 1 heterocycles. The third-order valence-corrected chi connectivity index (χ3v) is 6.65. The van der Waals surface area contributed by atoms with Gasteiger partial charge in [0.2, 0.25) is 23.6 Å². The average molecular weight is 523 g/mol. The number of amides is 5. The van der Waals surface area contributed by atoms with Gasteiger partial charge in [0.05, 0.1) is 0 Å². The van der Waals surface area contributed by atoms with Gasteiger partial charge in [-0.05, 0) is 23.5 Å². The zero-order valence-corrected chi connectivity index (χ0v) is 21.6. The van der Waals surface area contributed by atoms with Gasteiger partial charge in [-0.25, -0.2) is 9.69 Å². The SMILES string of the molecule is CC[C@@H](C)[C@@H](NC(=O)[C@@H]1CCC(=O)N1C(=O)OCc1ccccc1)C(=O)N[C@@H](Cc1ccccc1)C(N)=O. The van der Waals surface area contributed by atoms with E-state index in [1.54, 1.807) is 31.2 Å². The van der Waals surface area contributed by atoms with Crippen LogP contribution in [-0.2, 0) is 36.9 Å². The number of ether oxygens (including phenoxy) is 1. The first-order chi connectivity index (χ1) is 18.2.